The Balaban J connectivity index is 2.04. The fraction of sp³-hybridized carbons (Fsp3) is 0.263. The molecule has 0 bridgehead atoms. The van der Waals surface area contributed by atoms with Crippen LogP contribution >= 0.6 is 0 Å². The number of hydrogen-bond acceptors (Lipinski definition) is 2. The van der Waals surface area contributed by atoms with Crippen LogP contribution in [0.3, 0.4) is 0 Å². The number of nitrogens with one attached hydrogen (secondary N) is 1. The molecule has 28 heavy (non-hydrogen) atoms. The lowest BCUT2D eigenvalue weighted by atomic mass is 9.94. The van der Waals surface area contributed by atoms with E-state index in [1.807, 2.05) is 0 Å². The fourth-order valence-corrected chi connectivity index (χ4v) is 2.43. The minimum atomic E-state index is -4.48. The van der Waals surface area contributed by atoms with Crippen molar-refractivity contribution in [1.29, 1.82) is 5.26 Å². The molecule has 0 spiro atoms. The van der Waals surface area contributed by atoms with Crippen LogP contribution in [0.2, 0.25) is 0 Å². The van der Waals surface area contributed by atoms with Crippen LogP contribution in [0.25, 0.3) is 0 Å². The maximum absolute atomic E-state index is 12.5. The molecule has 2 aromatic carbocycles. The zero-order valence-electron chi connectivity index (χ0n) is 14.2. The highest BCUT2D eigenvalue weighted by atomic mass is 19.4. The van der Waals surface area contributed by atoms with Gasteiger partial charge in [-0.1, -0.05) is 12.1 Å². The largest absolute Gasteiger partial charge is 0.416 e. The Kier molecular flexibility index (Phi) is 6.33. The highest BCUT2D eigenvalue weighted by molar-refractivity contribution is 6.04. The Hall–Kier alpha value is -3.02. The summed E-state index contributed by atoms with van der Waals surface area (Å²) in [5, 5.41) is 11.5. The number of nitriles is 1. The van der Waals surface area contributed by atoms with E-state index in [9.17, 15) is 31.1 Å². The van der Waals surface area contributed by atoms with Crippen LogP contribution < -0.4 is 5.32 Å². The van der Waals surface area contributed by atoms with Crippen molar-refractivity contribution >= 4 is 11.6 Å². The number of benzene rings is 2. The van der Waals surface area contributed by atoms with Crippen molar-refractivity contribution in [3.8, 4) is 6.07 Å². The Morgan fingerprint density at radius 2 is 1.54 bits per heavy atom. The average Bonchev–Trinajstić information content (AvgIpc) is 2.61. The summed E-state index contributed by atoms with van der Waals surface area (Å²) in [5.74, 6) is -1.57. The van der Waals surface area contributed by atoms with Gasteiger partial charge in [0.15, 0.2) is 0 Å². The summed E-state index contributed by atoms with van der Waals surface area (Å²) in [6.07, 6.45) is -10.3. The highest BCUT2D eigenvalue weighted by Gasteiger charge is 2.30. The van der Waals surface area contributed by atoms with Crippen molar-refractivity contribution in [3.63, 3.8) is 0 Å². The Labute approximate surface area is 156 Å². The van der Waals surface area contributed by atoms with Crippen LogP contribution in [-0.2, 0) is 6.18 Å². The molecule has 9 heteroatoms. The molecule has 0 heterocycles. The van der Waals surface area contributed by atoms with Crippen molar-refractivity contribution in [2.45, 2.75) is 31.1 Å². The summed E-state index contributed by atoms with van der Waals surface area (Å²) in [5.41, 5.74) is -0.201. The Morgan fingerprint density at radius 1 is 0.964 bits per heavy atom. The van der Waals surface area contributed by atoms with Gasteiger partial charge in [-0.05, 0) is 48.4 Å². The molecule has 0 saturated carbocycles. The molecule has 0 aliphatic carbocycles. The predicted molar refractivity (Wildman–Crippen MR) is 89.5 cm³/mol. The number of rotatable bonds is 5. The van der Waals surface area contributed by atoms with E-state index in [-0.39, 0.29) is 11.3 Å². The molecule has 0 aliphatic rings. The van der Waals surface area contributed by atoms with E-state index in [1.165, 1.54) is 24.3 Å². The second-order valence-electron chi connectivity index (χ2n) is 5.99. The van der Waals surface area contributed by atoms with Crippen LogP contribution in [0.5, 0.6) is 0 Å². The molecule has 3 nitrogen and oxygen atoms in total. The van der Waals surface area contributed by atoms with Gasteiger partial charge < -0.3 is 5.32 Å². The number of halogens is 6. The lowest BCUT2D eigenvalue weighted by Gasteiger charge is -2.12. The zero-order valence-corrected chi connectivity index (χ0v) is 14.2. The molecule has 1 N–H and O–H groups in total. The van der Waals surface area contributed by atoms with Gasteiger partial charge in [0, 0.05) is 17.7 Å². The van der Waals surface area contributed by atoms with E-state index in [0.717, 1.165) is 24.3 Å². The van der Waals surface area contributed by atoms with Gasteiger partial charge in [0.05, 0.1) is 17.6 Å². The van der Waals surface area contributed by atoms with E-state index in [2.05, 4.69) is 5.32 Å². The molecule has 1 amide bonds. The van der Waals surface area contributed by atoms with Crippen LogP contribution in [0.1, 0.15) is 40.2 Å². The molecular formula is C19H14F6N2O. The number of carbonyl (C=O) groups excluding carboxylic acids is 1. The number of nitrogens with zero attached hydrogens (tertiary/aromatic N) is 1. The molecule has 0 aromatic heterocycles. The first kappa shape index (κ1) is 21.3. The molecule has 2 aromatic rings. The lowest BCUT2D eigenvalue weighted by molar-refractivity contribution is -0.137. The second-order valence-corrected chi connectivity index (χ2v) is 5.99. The quantitative estimate of drug-likeness (QED) is 0.635. The normalized spacial score (nSPS) is 12.9. The van der Waals surface area contributed by atoms with Crippen LogP contribution in [0, 0.1) is 11.3 Å². The fourth-order valence-electron chi connectivity index (χ4n) is 2.43. The molecule has 1 atom stereocenters. The molecule has 0 radical (unpaired) electrons. The molecular weight excluding hydrogens is 386 g/mol. The number of hydrogen-bond donors (Lipinski definition) is 1. The van der Waals surface area contributed by atoms with Gasteiger partial charge in [-0.25, -0.2) is 0 Å². The minimum absolute atomic E-state index is 0.149. The molecule has 0 aliphatic heterocycles. The number of anilines is 1. The first-order valence-electron chi connectivity index (χ1n) is 8.04. The first-order valence-corrected chi connectivity index (χ1v) is 8.04. The summed E-state index contributed by atoms with van der Waals surface area (Å²) in [6, 6.07) is 11.1. The second kappa shape index (κ2) is 8.33. The van der Waals surface area contributed by atoms with E-state index in [1.54, 1.807) is 6.07 Å². The average molecular weight is 400 g/mol. The predicted octanol–water partition coefficient (Wildman–Crippen LogP) is 5.91. The van der Waals surface area contributed by atoms with Crippen molar-refractivity contribution in [2.24, 2.45) is 0 Å². The van der Waals surface area contributed by atoms with Crippen LogP contribution in [-0.4, -0.2) is 12.1 Å². The maximum Gasteiger partial charge on any atom is 0.416 e. The maximum atomic E-state index is 12.5. The zero-order chi connectivity index (χ0) is 20.9. The van der Waals surface area contributed by atoms with E-state index < -0.39 is 42.6 Å². The van der Waals surface area contributed by atoms with Gasteiger partial charge in [0.2, 0.25) is 0 Å². The SMILES string of the molecule is N#C[C@@H](CCC(F)(F)F)c1ccc(C(=O)Nc2ccc(C(F)(F)F)cc2)cc1. The van der Waals surface area contributed by atoms with Gasteiger partial charge >= 0.3 is 12.4 Å². The highest BCUT2D eigenvalue weighted by Crippen LogP contribution is 2.30. The lowest BCUT2D eigenvalue weighted by Crippen LogP contribution is -2.13. The van der Waals surface area contributed by atoms with Crippen molar-refractivity contribution < 1.29 is 31.1 Å². The van der Waals surface area contributed by atoms with E-state index >= 15 is 0 Å². The summed E-state index contributed by atoms with van der Waals surface area (Å²) >= 11 is 0. The molecule has 148 valence electrons. The Bertz CT molecular complexity index is 848. The monoisotopic (exact) mass is 400 g/mol. The van der Waals surface area contributed by atoms with Gasteiger partial charge in [0.1, 0.15) is 0 Å². The standard InChI is InChI=1S/C19H14F6N2O/c20-18(21,22)10-9-14(11-26)12-1-3-13(4-2-12)17(28)27-16-7-5-15(6-8-16)19(23,24)25/h1-8,14H,9-10H2,(H,27,28)/t14-/m1/s1. The van der Waals surface area contributed by atoms with Crippen molar-refractivity contribution in [1.82, 2.24) is 0 Å². The third-order valence-electron chi connectivity index (χ3n) is 3.92. The Morgan fingerprint density at radius 3 is 2.00 bits per heavy atom. The van der Waals surface area contributed by atoms with Crippen LogP contribution in [0.15, 0.2) is 48.5 Å². The third-order valence-corrected chi connectivity index (χ3v) is 3.92. The molecule has 0 unspecified atom stereocenters. The summed E-state index contributed by atoms with van der Waals surface area (Å²) < 4.78 is 74.5. The van der Waals surface area contributed by atoms with E-state index in [4.69, 9.17) is 5.26 Å². The molecule has 0 fully saturated rings. The number of amides is 1. The van der Waals surface area contributed by atoms with Gasteiger partial charge in [-0.15, -0.1) is 0 Å². The molecule has 0 saturated heterocycles. The summed E-state index contributed by atoms with van der Waals surface area (Å²) in [7, 11) is 0. The van der Waals surface area contributed by atoms with Gasteiger partial charge in [-0.3, -0.25) is 4.79 Å². The smallest absolute Gasteiger partial charge is 0.322 e. The summed E-state index contributed by atoms with van der Waals surface area (Å²) in [6.45, 7) is 0. The topological polar surface area (TPSA) is 52.9 Å². The van der Waals surface area contributed by atoms with Gasteiger partial charge in [-0.2, -0.15) is 31.6 Å². The first-order chi connectivity index (χ1) is 13.0. The van der Waals surface area contributed by atoms with Crippen molar-refractivity contribution in [3.05, 3.63) is 65.2 Å². The third kappa shape index (κ3) is 6.01. The minimum Gasteiger partial charge on any atom is -0.322 e. The number of carbonyl (C=O) groups is 1. The van der Waals surface area contributed by atoms with Crippen molar-refractivity contribution in [2.75, 3.05) is 5.32 Å². The van der Waals surface area contributed by atoms with E-state index in [0.29, 0.717) is 5.56 Å². The van der Waals surface area contributed by atoms with Gasteiger partial charge in [0.25, 0.3) is 5.91 Å². The molecule has 2 rings (SSSR count). The van der Waals surface area contributed by atoms with Crippen LogP contribution in [0.4, 0.5) is 32.0 Å². The number of alkyl halides is 6. The summed E-state index contributed by atoms with van der Waals surface area (Å²) in [4.78, 5) is 12.2.